The molecule has 0 bridgehead atoms. The van der Waals surface area contributed by atoms with E-state index in [1.165, 1.54) is 24.0 Å². The quantitative estimate of drug-likeness (QED) is 0.822. The molecule has 0 atom stereocenters. The molecule has 2 nitrogen and oxygen atoms in total. The maximum atomic E-state index is 5.36. The summed E-state index contributed by atoms with van der Waals surface area (Å²) >= 11 is 0. The number of nitrogens with one attached hydrogen (secondary N) is 1. The maximum absolute atomic E-state index is 5.36. The molecule has 1 saturated heterocycles. The van der Waals surface area contributed by atoms with Gasteiger partial charge in [-0.2, -0.15) is 0 Å². The van der Waals surface area contributed by atoms with Crippen LogP contribution in [0, 0.1) is 0 Å². The van der Waals surface area contributed by atoms with Gasteiger partial charge in [0.1, 0.15) is 5.75 Å². The zero-order chi connectivity index (χ0) is 11.2. The first-order valence-corrected chi connectivity index (χ1v) is 5.93. The Balaban J connectivity index is 2.19. The lowest BCUT2D eigenvalue weighted by molar-refractivity contribution is 0.414. The van der Waals surface area contributed by atoms with E-state index in [-0.39, 0.29) is 0 Å². The second-order valence-electron chi connectivity index (χ2n) is 4.15. The first-order chi connectivity index (χ1) is 7.90. The highest BCUT2D eigenvalue weighted by Gasteiger charge is 2.05. The average molecular weight is 217 g/mol. The van der Waals surface area contributed by atoms with Crippen molar-refractivity contribution in [2.24, 2.45) is 0 Å². The lowest BCUT2D eigenvalue weighted by atomic mass is 10.0. The molecule has 86 valence electrons. The Kier molecular flexibility index (Phi) is 4.00. The largest absolute Gasteiger partial charge is 0.496 e. The highest BCUT2D eigenvalue weighted by atomic mass is 16.5. The SMILES string of the molecule is COc1ccccc1/C=C1/CCCNCC1. The van der Waals surface area contributed by atoms with Crippen LogP contribution in [0.5, 0.6) is 5.75 Å². The van der Waals surface area contributed by atoms with E-state index in [1.807, 2.05) is 12.1 Å². The van der Waals surface area contributed by atoms with Crippen LogP contribution in [0.4, 0.5) is 0 Å². The summed E-state index contributed by atoms with van der Waals surface area (Å²) in [6.45, 7) is 2.24. The number of ether oxygens (including phenoxy) is 1. The van der Waals surface area contributed by atoms with Crippen molar-refractivity contribution in [3.05, 3.63) is 35.4 Å². The van der Waals surface area contributed by atoms with Crippen LogP contribution in [0.2, 0.25) is 0 Å². The van der Waals surface area contributed by atoms with E-state index in [0.29, 0.717) is 0 Å². The van der Waals surface area contributed by atoms with Crippen LogP contribution in [-0.2, 0) is 0 Å². The van der Waals surface area contributed by atoms with Crippen molar-refractivity contribution in [3.8, 4) is 5.75 Å². The second-order valence-corrected chi connectivity index (χ2v) is 4.15. The van der Waals surface area contributed by atoms with E-state index in [1.54, 1.807) is 7.11 Å². The highest BCUT2D eigenvalue weighted by Crippen LogP contribution is 2.23. The Hall–Kier alpha value is -1.28. The average Bonchev–Trinajstić information content (AvgIpc) is 2.58. The van der Waals surface area contributed by atoms with Crippen LogP contribution >= 0.6 is 0 Å². The van der Waals surface area contributed by atoms with Crippen molar-refractivity contribution < 1.29 is 4.74 Å². The molecule has 1 heterocycles. The third-order valence-electron chi connectivity index (χ3n) is 2.97. The van der Waals surface area contributed by atoms with E-state index in [0.717, 1.165) is 25.3 Å². The van der Waals surface area contributed by atoms with Gasteiger partial charge in [0.15, 0.2) is 0 Å². The zero-order valence-corrected chi connectivity index (χ0v) is 9.83. The number of benzene rings is 1. The Bertz CT molecular complexity index is 361. The summed E-state index contributed by atoms with van der Waals surface area (Å²) in [7, 11) is 1.73. The normalized spacial score (nSPS) is 19.4. The number of rotatable bonds is 2. The molecule has 1 aromatic rings. The van der Waals surface area contributed by atoms with Gasteiger partial charge in [0.05, 0.1) is 7.11 Å². The second kappa shape index (κ2) is 5.71. The van der Waals surface area contributed by atoms with Gasteiger partial charge >= 0.3 is 0 Å². The molecule has 0 radical (unpaired) electrons. The minimum absolute atomic E-state index is 0.965. The van der Waals surface area contributed by atoms with E-state index in [4.69, 9.17) is 4.74 Å². The van der Waals surface area contributed by atoms with Crippen LogP contribution in [0.3, 0.4) is 0 Å². The third kappa shape index (κ3) is 2.86. The zero-order valence-electron chi connectivity index (χ0n) is 9.83. The van der Waals surface area contributed by atoms with Gasteiger partial charge in [-0.1, -0.05) is 29.8 Å². The summed E-state index contributed by atoms with van der Waals surface area (Å²) in [5, 5.41) is 3.42. The van der Waals surface area contributed by atoms with Crippen molar-refractivity contribution in [1.82, 2.24) is 5.32 Å². The molecule has 0 unspecified atom stereocenters. The van der Waals surface area contributed by atoms with Crippen molar-refractivity contribution >= 4 is 6.08 Å². The van der Waals surface area contributed by atoms with Gasteiger partial charge in [-0.05, 0) is 38.4 Å². The molecule has 0 saturated carbocycles. The topological polar surface area (TPSA) is 21.3 Å². The van der Waals surface area contributed by atoms with Crippen molar-refractivity contribution in [2.45, 2.75) is 19.3 Å². The Morgan fingerprint density at radius 3 is 2.94 bits per heavy atom. The molecule has 1 N–H and O–H groups in total. The van der Waals surface area contributed by atoms with E-state index >= 15 is 0 Å². The highest BCUT2D eigenvalue weighted by molar-refractivity contribution is 5.59. The van der Waals surface area contributed by atoms with Crippen molar-refractivity contribution in [2.75, 3.05) is 20.2 Å². The molecular formula is C14H19NO. The molecule has 16 heavy (non-hydrogen) atoms. The summed E-state index contributed by atoms with van der Waals surface area (Å²) in [5.74, 6) is 0.965. The Labute approximate surface area is 97.3 Å². The number of para-hydroxylation sites is 1. The lowest BCUT2D eigenvalue weighted by Crippen LogP contribution is -2.13. The van der Waals surface area contributed by atoms with E-state index < -0.39 is 0 Å². The van der Waals surface area contributed by atoms with E-state index in [2.05, 4.69) is 23.5 Å². The standard InChI is InChI=1S/C14H19NO/c1-16-14-7-3-2-6-13(14)11-12-5-4-9-15-10-8-12/h2-3,6-7,11,15H,4-5,8-10H2,1H3/b12-11-. The number of hydrogen-bond acceptors (Lipinski definition) is 2. The minimum atomic E-state index is 0.965. The van der Waals surface area contributed by atoms with Gasteiger partial charge < -0.3 is 10.1 Å². The molecular weight excluding hydrogens is 198 g/mol. The maximum Gasteiger partial charge on any atom is 0.126 e. The molecule has 1 fully saturated rings. The van der Waals surface area contributed by atoms with Crippen LogP contribution < -0.4 is 10.1 Å². The predicted octanol–water partition coefficient (Wildman–Crippen LogP) is 2.85. The molecule has 0 amide bonds. The van der Waals surface area contributed by atoms with Crippen molar-refractivity contribution in [3.63, 3.8) is 0 Å². The summed E-state index contributed by atoms with van der Waals surface area (Å²) in [6, 6.07) is 8.20. The molecule has 0 aromatic heterocycles. The van der Waals surface area contributed by atoms with Crippen LogP contribution in [0.15, 0.2) is 29.8 Å². The smallest absolute Gasteiger partial charge is 0.126 e. The number of methoxy groups -OCH3 is 1. The minimum Gasteiger partial charge on any atom is -0.496 e. The first-order valence-electron chi connectivity index (χ1n) is 5.93. The Morgan fingerprint density at radius 1 is 1.19 bits per heavy atom. The van der Waals surface area contributed by atoms with Gasteiger partial charge in [0, 0.05) is 5.56 Å². The summed E-state index contributed by atoms with van der Waals surface area (Å²) in [4.78, 5) is 0. The molecule has 2 heteroatoms. The molecule has 1 aromatic carbocycles. The summed E-state index contributed by atoms with van der Waals surface area (Å²) < 4.78 is 5.36. The lowest BCUT2D eigenvalue weighted by Gasteiger charge is -2.06. The third-order valence-corrected chi connectivity index (χ3v) is 2.97. The molecule has 0 spiro atoms. The van der Waals surface area contributed by atoms with E-state index in [9.17, 15) is 0 Å². The van der Waals surface area contributed by atoms with Gasteiger partial charge in [-0.15, -0.1) is 0 Å². The molecule has 0 aliphatic carbocycles. The summed E-state index contributed by atoms with van der Waals surface area (Å²) in [6.07, 6.45) is 5.87. The fourth-order valence-corrected chi connectivity index (χ4v) is 2.09. The first kappa shape index (κ1) is 11.2. The van der Waals surface area contributed by atoms with Crippen LogP contribution in [0.25, 0.3) is 6.08 Å². The molecule has 2 rings (SSSR count). The van der Waals surface area contributed by atoms with Gasteiger partial charge in [0.2, 0.25) is 0 Å². The van der Waals surface area contributed by atoms with Gasteiger partial charge in [-0.25, -0.2) is 0 Å². The predicted molar refractivity (Wildman–Crippen MR) is 67.7 cm³/mol. The van der Waals surface area contributed by atoms with Crippen LogP contribution in [0.1, 0.15) is 24.8 Å². The fraction of sp³-hybridized carbons (Fsp3) is 0.429. The molecule has 1 aliphatic rings. The van der Waals surface area contributed by atoms with Gasteiger partial charge in [0.25, 0.3) is 0 Å². The number of hydrogen-bond donors (Lipinski definition) is 1. The summed E-state index contributed by atoms with van der Waals surface area (Å²) in [5.41, 5.74) is 2.72. The Morgan fingerprint density at radius 2 is 2.06 bits per heavy atom. The molecule has 1 aliphatic heterocycles. The fourth-order valence-electron chi connectivity index (χ4n) is 2.09. The van der Waals surface area contributed by atoms with Crippen LogP contribution in [-0.4, -0.2) is 20.2 Å². The monoisotopic (exact) mass is 217 g/mol. The van der Waals surface area contributed by atoms with Crippen molar-refractivity contribution in [1.29, 1.82) is 0 Å². The van der Waals surface area contributed by atoms with Gasteiger partial charge in [-0.3, -0.25) is 0 Å².